The lowest BCUT2D eigenvalue weighted by atomic mass is 9.94. The number of carbonyl (C=O) groups excluding carboxylic acids is 1. The third-order valence-corrected chi connectivity index (χ3v) is 5.53. The van der Waals surface area contributed by atoms with Crippen molar-refractivity contribution >= 4 is 5.91 Å². The molecule has 1 aliphatic carbocycles. The molecule has 1 aliphatic heterocycles. The van der Waals surface area contributed by atoms with E-state index >= 15 is 0 Å². The predicted octanol–water partition coefficient (Wildman–Crippen LogP) is 2.08. The monoisotopic (exact) mass is 295 g/mol. The highest BCUT2D eigenvalue weighted by atomic mass is 16.2. The Morgan fingerprint density at radius 2 is 1.81 bits per heavy atom. The van der Waals surface area contributed by atoms with Gasteiger partial charge in [-0.3, -0.25) is 4.79 Å². The zero-order chi connectivity index (χ0) is 15.2. The molecule has 0 aromatic heterocycles. The fraction of sp³-hybridized carbons (Fsp3) is 0.941. The van der Waals surface area contributed by atoms with Crippen LogP contribution in [0.4, 0.5) is 0 Å². The molecule has 1 saturated heterocycles. The average Bonchev–Trinajstić information content (AvgIpc) is 2.90. The van der Waals surface area contributed by atoms with Crippen LogP contribution in [0.3, 0.4) is 0 Å². The van der Waals surface area contributed by atoms with E-state index in [1.54, 1.807) is 0 Å². The molecule has 1 amide bonds. The van der Waals surface area contributed by atoms with Gasteiger partial charge in [0.15, 0.2) is 0 Å². The normalized spacial score (nSPS) is 27.5. The molecular formula is C17H33N3O. The Hall–Kier alpha value is -0.610. The Morgan fingerprint density at radius 3 is 2.33 bits per heavy atom. The molecule has 4 nitrogen and oxygen atoms in total. The first-order chi connectivity index (χ1) is 10.1. The SMILES string of the molecule is CCN(CC)CC1CCN(C(=O)C[C@@H]2CCC[C@H]2N)CC1. The fourth-order valence-electron chi connectivity index (χ4n) is 3.88. The standard InChI is InChI=1S/C17H33N3O/c1-3-19(4-2)13-14-8-10-20(11-9-14)17(21)12-15-6-5-7-16(15)18/h14-16H,3-13,18H2,1-2H3/t15-,16+/m0/s1. The molecular weight excluding hydrogens is 262 g/mol. The van der Waals surface area contributed by atoms with Crippen molar-refractivity contribution in [1.82, 2.24) is 9.80 Å². The summed E-state index contributed by atoms with van der Waals surface area (Å²) in [6.07, 6.45) is 6.46. The zero-order valence-electron chi connectivity index (χ0n) is 13.9. The minimum atomic E-state index is 0.258. The maximum absolute atomic E-state index is 12.4. The number of likely N-dealkylation sites (tertiary alicyclic amines) is 1. The minimum absolute atomic E-state index is 0.258. The largest absolute Gasteiger partial charge is 0.343 e. The molecule has 1 saturated carbocycles. The third kappa shape index (κ3) is 4.68. The van der Waals surface area contributed by atoms with E-state index in [9.17, 15) is 4.79 Å². The van der Waals surface area contributed by atoms with Crippen LogP contribution < -0.4 is 5.73 Å². The molecule has 1 heterocycles. The second kappa shape index (κ2) is 8.14. The van der Waals surface area contributed by atoms with Crippen LogP contribution in [0.2, 0.25) is 0 Å². The molecule has 2 atom stereocenters. The van der Waals surface area contributed by atoms with Crippen LogP contribution in [0.15, 0.2) is 0 Å². The number of rotatable bonds is 6. The number of amides is 1. The van der Waals surface area contributed by atoms with Crippen LogP contribution >= 0.6 is 0 Å². The Morgan fingerprint density at radius 1 is 1.14 bits per heavy atom. The Bertz CT molecular complexity index is 322. The maximum atomic E-state index is 12.4. The lowest BCUT2D eigenvalue weighted by Crippen LogP contribution is -2.42. The lowest BCUT2D eigenvalue weighted by molar-refractivity contribution is -0.133. The summed E-state index contributed by atoms with van der Waals surface area (Å²) in [7, 11) is 0. The van der Waals surface area contributed by atoms with Crippen molar-refractivity contribution in [3.63, 3.8) is 0 Å². The number of nitrogens with two attached hydrogens (primary N) is 1. The van der Waals surface area contributed by atoms with Crippen LogP contribution in [-0.2, 0) is 4.79 Å². The topological polar surface area (TPSA) is 49.6 Å². The summed E-state index contributed by atoms with van der Waals surface area (Å²) in [5, 5.41) is 0. The van der Waals surface area contributed by atoms with E-state index in [2.05, 4.69) is 23.6 Å². The summed E-state index contributed by atoms with van der Waals surface area (Å²) >= 11 is 0. The Kier molecular flexibility index (Phi) is 6.49. The van der Waals surface area contributed by atoms with Crippen molar-refractivity contribution in [1.29, 1.82) is 0 Å². The van der Waals surface area contributed by atoms with Crippen LogP contribution in [0.1, 0.15) is 52.4 Å². The van der Waals surface area contributed by atoms with Crippen molar-refractivity contribution in [2.24, 2.45) is 17.6 Å². The maximum Gasteiger partial charge on any atom is 0.222 e. The van der Waals surface area contributed by atoms with Crippen molar-refractivity contribution < 1.29 is 4.79 Å². The van der Waals surface area contributed by atoms with Gasteiger partial charge in [0.05, 0.1) is 0 Å². The van der Waals surface area contributed by atoms with E-state index in [-0.39, 0.29) is 6.04 Å². The molecule has 122 valence electrons. The van der Waals surface area contributed by atoms with Gasteiger partial charge in [0.1, 0.15) is 0 Å². The highest BCUT2D eigenvalue weighted by Gasteiger charge is 2.29. The van der Waals surface area contributed by atoms with Crippen molar-refractivity contribution in [3.8, 4) is 0 Å². The lowest BCUT2D eigenvalue weighted by Gasteiger charge is -2.35. The molecule has 2 N–H and O–H groups in total. The second-order valence-electron chi connectivity index (χ2n) is 6.87. The number of hydrogen-bond donors (Lipinski definition) is 1. The molecule has 0 aromatic carbocycles. The molecule has 0 unspecified atom stereocenters. The van der Waals surface area contributed by atoms with Gasteiger partial charge in [-0.2, -0.15) is 0 Å². The van der Waals surface area contributed by atoms with E-state index in [0.717, 1.165) is 44.9 Å². The van der Waals surface area contributed by atoms with Crippen molar-refractivity contribution in [2.75, 3.05) is 32.7 Å². The van der Waals surface area contributed by atoms with Gasteiger partial charge in [0, 0.05) is 32.1 Å². The van der Waals surface area contributed by atoms with E-state index in [1.165, 1.54) is 25.8 Å². The van der Waals surface area contributed by atoms with E-state index in [1.807, 2.05) is 0 Å². The minimum Gasteiger partial charge on any atom is -0.343 e. The van der Waals surface area contributed by atoms with Crippen LogP contribution in [0.25, 0.3) is 0 Å². The first-order valence-corrected chi connectivity index (χ1v) is 8.89. The zero-order valence-corrected chi connectivity index (χ0v) is 13.9. The van der Waals surface area contributed by atoms with E-state index < -0.39 is 0 Å². The van der Waals surface area contributed by atoms with Gasteiger partial charge in [-0.1, -0.05) is 20.3 Å². The summed E-state index contributed by atoms with van der Waals surface area (Å²) < 4.78 is 0. The fourth-order valence-corrected chi connectivity index (χ4v) is 3.88. The molecule has 2 aliphatic rings. The van der Waals surface area contributed by atoms with Crippen molar-refractivity contribution in [2.45, 2.75) is 58.4 Å². The molecule has 0 bridgehead atoms. The molecule has 2 rings (SSSR count). The van der Waals surface area contributed by atoms with Crippen LogP contribution in [-0.4, -0.2) is 54.5 Å². The van der Waals surface area contributed by atoms with Gasteiger partial charge < -0.3 is 15.5 Å². The molecule has 21 heavy (non-hydrogen) atoms. The quantitative estimate of drug-likeness (QED) is 0.816. The summed E-state index contributed by atoms with van der Waals surface area (Å²) in [6, 6.07) is 0.258. The van der Waals surface area contributed by atoms with Gasteiger partial charge in [0.25, 0.3) is 0 Å². The molecule has 0 aromatic rings. The summed E-state index contributed by atoms with van der Waals surface area (Å²) in [4.78, 5) is 17.0. The van der Waals surface area contributed by atoms with Crippen molar-refractivity contribution in [3.05, 3.63) is 0 Å². The van der Waals surface area contributed by atoms with Gasteiger partial charge >= 0.3 is 0 Å². The van der Waals surface area contributed by atoms with Gasteiger partial charge in [-0.05, 0) is 50.6 Å². The molecule has 4 heteroatoms. The molecule has 0 radical (unpaired) electrons. The van der Waals surface area contributed by atoms with Gasteiger partial charge in [-0.15, -0.1) is 0 Å². The van der Waals surface area contributed by atoms with E-state index in [0.29, 0.717) is 18.2 Å². The predicted molar refractivity (Wildman–Crippen MR) is 87.0 cm³/mol. The van der Waals surface area contributed by atoms with E-state index in [4.69, 9.17) is 5.73 Å². The van der Waals surface area contributed by atoms with Crippen LogP contribution in [0.5, 0.6) is 0 Å². The summed E-state index contributed by atoms with van der Waals surface area (Å²) in [6.45, 7) is 9.83. The second-order valence-corrected chi connectivity index (χ2v) is 6.87. The molecule has 2 fully saturated rings. The highest BCUT2D eigenvalue weighted by molar-refractivity contribution is 5.76. The third-order valence-electron chi connectivity index (χ3n) is 5.53. The summed E-state index contributed by atoms with van der Waals surface area (Å²) in [5.41, 5.74) is 6.09. The first-order valence-electron chi connectivity index (χ1n) is 8.89. The number of nitrogens with zero attached hydrogens (tertiary/aromatic N) is 2. The molecule has 0 spiro atoms. The average molecular weight is 295 g/mol. The highest BCUT2D eigenvalue weighted by Crippen LogP contribution is 2.28. The Balaban J connectivity index is 1.71. The number of piperidine rings is 1. The Labute approximate surface area is 130 Å². The number of carbonyl (C=O) groups is 1. The van der Waals surface area contributed by atoms with Gasteiger partial charge in [0.2, 0.25) is 5.91 Å². The smallest absolute Gasteiger partial charge is 0.222 e. The summed E-state index contributed by atoms with van der Waals surface area (Å²) in [5.74, 6) is 1.55. The van der Waals surface area contributed by atoms with Gasteiger partial charge in [-0.25, -0.2) is 0 Å². The number of hydrogen-bond acceptors (Lipinski definition) is 3. The van der Waals surface area contributed by atoms with Crippen LogP contribution in [0, 0.1) is 11.8 Å². The first kappa shape index (κ1) is 16.8.